The van der Waals surface area contributed by atoms with Gasteiger partial charge in [-0.2, -0.15) is 0 Å². The molecule has 0 atom stereocenters. The lowest BCUT2D eigenvalue weighted by molar-refractivity contribution is 0.295. The van der Waals surface area contributed by atoms with E-state index < -0.39 is 0 Å². The number of nitrogens with zero attached hydrogens (tertiary/aromatic N) is 2. The summed E-state index contributed by atoms with van der Waals surface area (Å²) < 4.78 is 7.93. The molecule has 0 aliphatic rings. The molecule has 0 aliphatic heterocycles. The first-order valence-electron chi connectivity index (χ1n) is 7.12. The molecule has 0 aliphatic carbocycles. The Labute approximate surface area is 124 Å². The topological polar surface area (TPSA) is 52.5 Å². The number of fused-ring (bicyclic) bond motifs is 1. The zero-order valence-corrected chi connectivity index (χ0v) is 12.1. The summed E-state index contributed by atoms with van der Waals surface area (Å²) in [6.45, 7) is 3.09. The molecule has 0 amide bonds. The molecule has 0 bridgehead atoms. The molecule has 0 spiro atoms. The van der Waals surface area contributed by atoms with Crippen molar-refractivity contribution in [3.63, 3.8) is 0 Å². The molecule has 2 heterocycles. The van der Waals surface area contributed by atoms with Crippen molar-refractivity contribution in [2.75, 3.05) is 6.54 Å². The Morgan fingerprint density at radius 3 is 2.90 bits per heavy atom. The summed E-state index contributed by atoms with van der Waals surface area (Å²) >= 11 is 0. The van der Waals surface area contributed by atoms with Crippen LogP contribution in [0.2, 0.25) is 0 Å². The molecule has 3 aromatic rings. The van der Waals surface area contributed by atoms with Crippen molar-refractivity contribution >= 4 is 5.52 Å². The van der Waals surface area contributed by atoms with Gasteiger partial charge in [-0.05, 0) is 43.3 Å². The third-order valence-electron chi connectivity index (χ3n) is 3.44. The second-order valence-electron chi connectivity index (χ2n) is 5.07. The number of imidazole rings is 1. The van der Waals surface area contributed by atoms with E-state index >= 15 is 0 Å². The Morgan fingerprint density at radius 1 is 1.19 bits per heavy atom. The van der Waals surface area contributed by atoms with Crippen LogP contribution in [0.1, 0.15) is 17.1 Å². The smallest absolute Gasteiger partial charge is 0.151 e. The molecule has 2 N–H and O–H groups in total. The fourth-order valence-electron chi connectivity index (χ4n) is 2.45. The summed E-state index contributed by atoms with van der Waals surface area (Å²) in [6, 6.07) is 14.1. The quantitative estimate of drug-likeness (QED) is 0.782. The van der Waals surface area contributed by atoms with Crippen molar-refractivity contribution in [2.24, 2.45) is 5.73 Å². The first kappa shape index (κ1) is 13.6. The lowest BCUT2D eigenvalue weighted by Crippen LogP contribution is -2.03. The minimum atomic E-state index is 0.444. The average Bonchev–Trinajstić information content (AvgIpc) is 2.84. The molecule has 0 saturated heterocycles. The number of aromatic nitrogens is 2. The van der Waals surface area contributed by atoms with Crippen molar-refractivity contribution in [2.45, 2.75) is 20.0 Å². The van der Waals surface area contributed by atoms with Gasteiger partial charge in [-0.25, -0.2) is 4.98 Å². The zero-order valence-electron chi connectivity index (χ0n) is 12.1. The summed E-state index contributed by atoms with van der Waals surface area (Å²) in [7, 11) is 0. The molecule has 0 radical (unpaired) electrons. The standard InChI is InChI=1S/C17H19N3O/c1-13-5-4-6-14(11-13)21-12-17-19-15(8-9-18)16-7-2-3-10-20(16)17/h2-7,10-11H,8-9,12,18H2,1H3. The Bertz CT molecular complexity index is 749. The summed E-state index contributed by atoms with van der Waals surface area (Å²) in [4.78, 5) is 4.67. The molecular weight excluding hydrogens is 262 g/mol. The SMILES string of the molecule is Cc1cccc(OCc2nc(CCN)c3ccccn23)c1. The fourth-order valence-corrected chi connectivity index (χ4v) is 2.45. The summed E-state index contributed by atoms with van der Waals surface area (Å²) in [5.41, 5.74) is 8.98. The lowest BCUT2D eigenvalue weighted by Gasteiger charge is -2.06. The van der Waals surface area contributed by atoms with E-state index in [1.165, 1.54) is 5.56 Å². The van der Waals surface area contributed by atoms with Crippen LogP contribution in [0.3, 0.4) is 0 Å². The molecule has 108 valence electrons. The molecule has 3 rings (SSSR count). The zero-order chi connectivity index (χ0) is 14.7. The number of rotatable bonds is 5. The molecule has 4 heteroatoms. The van der Waals surface area contributed by atoms with E-state index in [1.54, 1.807) is 0 Å². The predicted octanol–water partition coefficient (Wildman–Crippen LogP) is 2.72. The summed E-state index contributed by atoms with van der Waals surface area (Å²) in [5, 5.41) is 0. The highest BCUT2D eigenvalue weighted by atomic mass is 16.5. The van der Waals surface area contributed by atoms with Gasteiger partial charge in [0.15, 0.2) is 5.82 Å². The van der Waals surface area contributed by atoms with Crippen LogP contribution in [0.25, 0.3) is 5.52 Å². The summed E-state index contributed by atoms with van der Waals surface area (Å²) in [5.74, 6) is 1.76. The minimum absolute atomic E-state index is 0.444. The number of nitrogens with two attached hydrogens (primary N) is 1. The van der Waals surface area contributed by atoms with Crippen molar-refractivity contribution in [1.29, 1.82) is 0 Å². The highest BCUT2D eigenvalue weighted by Crippen LogP contribution is 2.17. The van der Waals surface area contributed by atoms with Crippen molar-refractivity contribution in [3.8, 4) is 5.75 Å². The van der Waals surface area contributed by atoms with Gasteiger partial charge in [0.2, 0.25) is 0 Å². The van der Waals surface area contributed by atoms with Crippen LogP contribution in [0.15, 0.2) is 48.7 Å². The number of pyridine rings is 1. The predicted molar refractivity (Wildman–Crippen MR) is 83.5 cm³/mol. The molecule has 21 heavy (non-hydrogen) atoms. The van der Waals surface area contributed by atoms with Crippen LogP contribution in [-0.2, 0) is 13.0 Å². The first-order valence-corrected chi connectivity index (χ1v) is 7.12. The Hall–Kier alpha value is -2.33. The second kappa shape index (κ2) is 5.97. The van der Waals surface area contributed by atoms with Gasteiger partial charge in [-0.15, -0.1) is 0 Å². The van der Waals surface area contributed by atoms with Crippen LogP contribution >= 0.6 is 0 Å². The van der Waals surface area contributed by atoms with Gasteiger partial charge in [0, 0.05) is 12.6 Å². The lowest BCUT2D eigenvalue weighted by atomic mass is 10.2. The summed E-state index contributed by atoms with van der Waals surface area (Å²) in [6.07, 6.45) is 2.79. The van der Waals surface area contributed by atoms with Crippen LogP contribution < -0.4 is 10.5 Å². The molecule has 2 aromatic heterocycles. The first-order chi connectivity index (χ1) is 10.3. The maximum Gasteiger partial charge on any atom is 0.151 e. The van der Waals surface area contributed by atoms with E-state index in [9.17, 15) is 0 Å². The van der Waals surface area contributed by atoms with Crippen molar-refractivity contribution in [1.82, 2.24) is 9.38 Å². The van der Waals surface area contributed by atoms with E-state index in [4.69, 9.17) is 10.5 Å². The second-order valence-corrected chi connectivity index (χ2v) is 5.07. The monoisotopic (exact) mass is 281 g/mol. The van der Waals surface area contributed by atoms with E-state index in [2.05, 4.69) is 28.4 Å². The van der Waals surface area contributed by atoms with Crippen LogP contribution in [-0.4, -0.2) is 15.9 Å². The molecule has 1 aromatic carbocycles. The minimum Gasteiger partial charge on any atom is -0.486 e. The fraction of sp³-hybridized carbons (Fsp3) is 0.235. The van der Waals surface area contributed by atoms with Crippen molar-refractivity contribution in [3.05, 3.63) is 65.7 Å². The highest BCUT2D eigenvalue weighted by Gasteiger charge is 2.10. The maximum atomic E-state index is 5.86. The Morgan fingerprint density at radius 2 is 2.10 bits per heavy atom. The number of ether oxygens (including phenoxy) is 1. The normalized spacial score (nSPS) is 11.0. The van der Waals surface area contributed by atoms with Gasteiger partial charge in [0.25, 0.3) is 0 Å². The van der Waals surface area contributed by atoms with E-state index in [0.717, 1.165) is 29.2 Å². The van der Waals surface area contributed by atoms with E-state index in [1.807, 2.05) is 36.5 Å². The van der Waals surface area contributed by atoms with Gasteiger partial charge < -0.3 is 14.9 Å². The Balaban J connectivity index is 1.86. The largest absolute Gasteiger partial charge is 0.486 e. The number of benzene rings is 1. The number of aryl methyl sites for hydroxylation is 1. The highest BCUT2D eigenvalue weighted by molar-refractivity contribution is 5.53. The van der Waals surface area contributed by atoms with Gasteiger partial charge in [-0.3, -0.25) is 0 Å². The van der Waals surface area contributed by atoms with E-state index in [-0.39, 0.29) is 0 Å². The number of hydrogen-bond acceptors (Lipinski definition) is 3. The Kier molecular flexibility index (Phi) is 3.88. The molecule has 0 fully saturated rings. The molecule has 0 saturated carbocycles. The van der Waals surface area contributed by atoms with Gasteiger partial charge in [0.05, 0.1) is 11.2 Å². The molecule has 4 nitrogen and oxygen atoms in total. The van der Waals surface area contributed by atoms with Crippen LogP contribution in [0, 0.1) is 6.92 Å². The molecule has 0 unspecified atom stereocenters. The van der Waals surface area contributed by atoms with Crippen LogP contribution in [0.5, 0.6) is 5.75 Å². The van der Waals surface area contributed by atoms with Gasteiger partial charge >= 0.3 is 0 Å². The molecular formula is C17H19N3O. The van der Waals surface area contributed by atoms with Crippen molar-refractivity contribution < 1.29 is 4.74 Å². The van der Waals surface area contributed by atoms with Crippen LogP contribution in [0.4, 0.5) is 0 Å². The average molecular weight is 281 g/mol. The maximum absolute atomic E-state index is 5.86. The van der Waals surface area contributed by atoms with Gasteiger partial charge in [0.1, 0.15) is 12.4 Å². The third kappa shape index (κ3) is 2.90. The number of hydrogen-bond donors (Lipinski definition) is 1. The van der Waals surface area contributed by atoms with Gasteiger partial charge in [-0.1, -0.05) is 18.2 Å². The third-order valence-corrected chi connectivity index (χ3v) is 3.44. The van der Waals surface area contributed by atoms with E-state index in [0.29, 0.717) is 13.2 Å².